The van der Waals surface area contributed by atoms with Gasteiger partial charge in [0.1, 0.15) is 0 Å². The summed E-state index contributed by atoms with van der Waals surface area (Å²) < 4.78 is 3.25. The van der Waals surface area contributed by atoms with Gasteiger partial charge in [-0.05, 0) is 74.4 Å². The Kier molecular flexibility index (Phi) is 8.52. The third-order valence-corrected chi connectivity index (χ3v) is 7.70. The fourth-order valence-electron chi connectivity index (χ4n) is 5.07. The van der Waals surface area contributed by atoms with Gasteiger partial charge in [-0.1, -0.05) is 38.1 Å². The molecule has 0 saturated carbocycles. The van der Waals surface area contributed by atoms with Crippen molar-refractivity contribution in [3.63, 3.8) is 0 Å². The number of aromatic amines is 1. The van der Waals surface area contributed by atoms with Crippen molar-refractivity contribution < 1.29 is 0 Å². The number of rotatable bonds is 8. The predicted molar refractivity (Wildman–Crippen MR) is 148 cm³/mol. The smallest absolute Gasteiger partial charge is 0.252 e. The second-order valence-electron chi connectivity index (χ2n) is 9.29. The molecule has 3 aromatic rings. The number of benzene rings is 2. The molecule has 35 heavy (non-hydrogen) atoms. The van der Waals surface area contributed by atoms with Gasteiger partial charge in [0.25, 0.3) is 5.56 Å². The van der Waals surface area contributed by atoms with Crippen LogP contribution in [0.3, 0.4) is 0 Å². The molecule has 2 N–H and O–H groups in total. The summed E-state index contributed by atoms with van der Waals surface area (Å²) >= 11 is 1.47. The minimum Gasteiger partial charge on any atom is -0.370 e. The van der Waals surface area contributed by atoms with Gasteiger partial charge < -0.3 is 4.90 Å². The van der Waals surface area contributed by atoms with Crippen LogP contribution >= 0.6 is 11.9 Å². The summed E-state index contributed by atoms with van der Waals surface area (Å²) in [6, 6.07) is 17.0. The maximum absolute atomic E-state index is 12.4. The molecule has 2 heterocycles. The van der Waals surface area contributed by atoms with Crippen molar-refractivity contribution in [3.05, 3.63) is 70.0 Å². The summed E-state index contributed by atoms with van der Waals surface area (Å²) in [5.74, 6) is 0.459. The average molecular weight is 492 g/mol. The van der Waals surface area contributed by atoms with Crippen molar-refractivity contribution in [2.75, 3.05) is 35.8 Å². The second-order valence-corrected chi connectivity index (χ2v) is 10.2. The zero-order valence-corrected chi connectivity index (χ0v) is 22.1. The van der Waals surface area contributed by atoms with Gasteiger partial charge in [-0.15, -0.1) is 0 Å². The number of nitrogens with zero attached hydrogens (tertiary/aromatic N) is 3. The fourth-order valence-corrected chi connectivity index (χ4v) is 5.71. The standard InChI is InChI=1S/C28H37N5OS/c1-5-22(6-2)32-14-9-15-33(17-16-32)23-12-8-13-24(18-23)35-31-28-29-25(19-26(34)30-28)27-20(3)10-7-11-21(27)4/h7-8,10-13,18-19,22H,5-6,9,14-17H2,1-4H3,(H2,29,30,31,34). The number of anilines is 2. The molecule has 0 radical (unpaired) electrons. The van der Waals surface area contributed by atoms with E-state index in [-0.39, 0.29) is 5.56 Å². The highest BCUT2D eigenvalue weighted by molar-refractivity contribution is 8.00. The third-order valence-electron chi connectivity index (χ3n) is 6.92. The minimum absolute atomic E-state index is 0.166. The molecule has 6 nitrogen and oxygen atoms in total. The molecule has 0 bridgehead atoms. The van der Waals surface area contributed by atoms with E-state index in [1.807, 2.05) is 32.0 Å². The second kappa shape index (κ2) is 11.8. The van der Waals surface area contributed by atoms with Gasteiger partial charge in [0.05, 0.1) is 5.69 Å². The van der Waals surface area contributed by atoms with Crippen molar-refractivity contribution >= 4 is 23.6 Å². The lowest BCUT2D eigenvalue weighted by molar-refractivity contribution is 0.199. The summed E-state index contributed by atoms with van der Waals surface area (Å²) in [5.41, 5.74) is 4.99. The number of hydrogen-bond acceptors (Lipinski definition) is 6. The zero-order chi connectivity index (χ0) is 24.8. The Morgan fingerprint density at radius 1 is 1.00 bits per heavy atom. The van der Waals surface area contributed by atoms with Crippen LogP contribution in [-0.4, -0.2) is 47.1 Å². The predicted octanol–water partition coefficient (Wildman–Crippen LogP) is 5.87. The molecular formula is C28H37N5OS. The van der Waals surface area contributed by atoms with E-state index in [0.717, 1.165) is 41.2 Å². The first-order chi connectivity index (χ1) is 17.0. The number of hydrogen-bond donors (Lipinski definition) is 2. The summed E-state index contributed by atoms with van der Waals surface area (Å²) in [6.45, 7) is 13.1. The molecule has 2 aromatic carbocycles. The van der Waals surface area contributed by atoms with E-state index in [9.17, 15) is 4.79 Å². The van der Waals surface area contributed by atoms with Gasteiger partial charge in [-0.2, -0.15) is 0 Å². The SMILES string of the molecule is CCC(CC)N1CCCN(c2cccc(SNc3nc(-c4c(C)cccc4C)cc(=O)[nH]3)c2)CC1. The van der Waals surface area contributed by atoms with Crippen LogP contribution in [0.15, 0.2) is 58.2 Å². The largest absolute Gasteiger partial charge is 0.370 e. The van der Waals surface area contributed by atoms with Crippen LogP contribution in [0, 0.1) is 13.8 Å². The number of nitrogens with one attached hydrogen (secondary N) is 2. The summed E-state index contributed by atoms with van der Waals surface area (Å²) in [5, 5.41) is 0. The quantitative estimate of drug-likeness (QED) is 0.384. The van der Waals surface area contributed by atoms with E-state index in [2.05, 4.69) is 57.6 Å². The summed E-state index contributed by atoms with van der Waals surface area (Å²) in [6.07, 6.45) is 3.62. The van der Waals surface area contributed by atoms with Crippen LogP contribution < -0.4 is 15.2 Å². The highest BCUT2D eigenvalue weighted by Gasteiger charge is 2.20. The molecule has 186 valence electrons. The molecule has 0 aliphatic carbocycles. The first-order valence-electron chi connectivity index (χ1n) is 12.7. The van der Waals surface area contributed by atoms with Crippen LogP contribution in [0.4, 0.5) is 11.6 Å². The van der Waals surface area contributed by atoms with E-state index < -0.39 is 0 Å². The van der Waals surface area contributed by atoms with E-state index in [1.165, 1.54) is 43.4 Å². The molecule has 1 aliphatic rings. The first kappa shape index (κ1) is 25.3. The van der Waals surface area contributed by atoms with E-state index in [0.29, 0.717) is 17.7 Å². The lowest BCUT2D eigenvalue weighted by Gasteiger charge is -2.29. The molecular weight excluding hydrogens is 454 g/mol. The zero-order valence-electron chi connectivity index (χ0n) is 21.3. The minimum atomic E-state index is -0.166. The van der Waals surface area contributed by atoms with Crippen LogP contribution in [0.1, 0.15) is 44.2 Å². The van der Waals surface area contributed by atoms with Crippen LogP contribution in [-0.2, 0) is 0 Å². The summed E-state index contributed by atoms with van der Waals surface area (Å²) in [7, 11) is 0. The van der Waals surface area contributed by atoms with E-state index in [1.54, 1.807) is 6.07 Å². The molecule has 1 fully saturated rings. The van der Waals surface area contributed by atoms with Crippen molar-refractivity contribution in [1.82, 2.24) is 14.9 Å². The van der Waals surface area contributed by atoms with Crippen molar-refractivity contribution in [2.24, 2.45) is 0 Å². The Hall–Kier alpha value is -2.77. The Morgan fingerprint density at radius 3 is 2.49 bits per heavy atom. The van der Waals surface area contributed by atoms with Gasteiger partial charge in [0.15, 0.2) is 0 Å². The third kappa shape index (κ3) is 6.27. The molecule has 0 atom stereocenters. The Labute approximate surface area is 213 Å². The van der Waals surface area contributed by atoms with Crippen molar-refractivity contribution in [2.45, 2.75) is 57.9 Å². The highest BCUT2D eigenvalue weighted by Crippen LogP contribution is 2.28. The van der Waals surface area contributed by atoms with E-state index >= 15 is 0 Å². The lowest BCUT2D eigenvalue weighted by atomic mass is 10.00. The molecule has 0 unspecified atom stereocenters. The van der Waals surface area contributed by atoms with Crippen LogP contribution in [0.2, 0.25) is 0 Å². The normalized spacial score (nSPS) is 14.8. The highest BCUT2D eigenvalue weighted by atomic mass is 32.2. The van der Waals surface area contributed by atoms with Gasteiger partial charge in [0, 0.05) is 54.4 Å². The van der Waals surface area contributed by atoms with Crippen LogP contribution in [0.25, 0.3) is 11.3 Å². The van der Waals surface area contributed by atoms with E-state index in [4.69, 9.17) is 4.98 Å². The molecule has 4 rings (SSSR count). The van der Waals surface area contributed by atoms with Gasteiger partial charge in [-0.25, -0.2) is 4.98 Å². The molecule has 1 aromatic heterocycles. The topological polar surface area (TPSA) is 64.3 Å². The van der Waals surface area contributed by atoms with Crippen molar-refractivity contribution in [1.29, 1.82) is 0 Å². The Balaban J connectivity index is 1.45. The first-order valence-corrected chi connectivity index (χ1v) is 13.5. The molecule has 7 heteroatoms. The van der Waals surface area contributed by atoms with Gasteiger partial charge >= 0.3 is 0 Å². The Morgan fingerprint density at radius 2 is 1.74 bits per heavy atom. The number of H-pyrrole nitrogens is 1. The average Bonchev–Trinajstić information content (AvgIpc) is 3.10. The summed E-state index contributed by atoms with van der Waals surface area (Å²) in [4.78, 5) is 26.1. The van der Waals surface area contributed by atoms with Crippen LogP contribution in [0.5, 0.6) is 0 Å². The number of aryl methyl sites for hydroxylation is 2. The van der Waals surface area contributed by atoms with Crippen molar-refractivity contribution in [3.8, 4) is 11.3 Å². The number of aromatic nitrogens is 2. The molecule has 1 saturated heterocycles. The molecule has 1 aliphatic heterocycles. The van der Waals surface area contributed by atoms with Gasteiger partial charge in [-0.3, -0.25) is 19.4 Å². The maximum atomic E-state index is 12.4. The fraction of sp³-hybridized carbons (Fsp3) is 0.429. The lowest BCUT2D eigenvalue weighted by Crippen LogP contribution is -2.37. The monoisotopic (exact) mass is 491 g/mol. The Bertz CT molecular complexity index is 1170. The molecule has 0 spiro atoms. The maximum Gasteiger partial charge on any atom is 0.252 e. The molecule has 0 amide bonds. The van der Waals surface area contributed by atoms with Gasteiger partial charge in [0.2, 0.25) is 5.95 Å².